The smallest absolute Gasteiger partial charge is 0.194 e. The largest absolute Gasteiger partial charge is 0.494 e. The Morgan fingerprint density at radius 2 is 1.93 bits per heavy atom. The van der Waals surface area contributed by atoms with Crippen molar-refractivity contribution in [1.82, 2.24) is 10.2 Å². The molecule has 2 aromatic carbocycles. The first kappa shape index (κ1) is 23.2. The molecular formula is C20H27FIN3O2. The number of hydrogen-bond donors (Lipinski definition) is 2. The summed E-state index contributed by atoms with van der Waals surface area (Å²) in [5.74, 6) is 0.575. The minimum atomic E-state index is -0.378. The van der Waals surface area contributed by atoms with Gasteiger partial charge < -0.3 is 20.1 Å². The molecule has 0 aliphatic heterocycles. The second-order valence-corrected chi connectivity index (χ2v) is 5.92. The highest BCUT2D eigenvalue weighted by molar-refractivity contribution is 14.0. The zero-order valence-electron chi connectivity index (χ0n) is 15.9. The summed E-state index contributed by atoms with van der Waals surface area (Å²) in [5.41, 5.74) is 2.67. The summed E-state index contributed by atoms with van der Waals surface area (Å²) < 4.78 is 18.8. The molecule has 0 radical (unpaired) electrons. The number of hydrogen-bond acceptors (Lipinski definition) is 3. The first-order chi connectivity index (χ1) is 12.6. The maximum atomic E-state index is 13.9. The van der Waals surface area contributed by atoms with Gasteiger partial charge in [0, 0.05) is 20.1 Å². The highest BCUT2D eigenvalue weighted by Crippen LogP contribution is 2.18. The van der Waals surface area contributed by atoms with Crippen molar-refractivity contribution < 1.29 is 14.2 Å². The molecule has 7 heteroatoms. The minimum Gasteiger partial charge on any atom is -0.494 e. The van der Waals surface area contributed by atoms with Crippen LogP contribution in [0.3, 0.4) is 0 Å². The van der Waals surface area contributed by atoms with E-state index in [1.54, 1.807) is 6.07 Å². The van der Waals surface area contributed by atoms with Crippen molar-refractivity contribution in [3.63, 3.8) is 0 Å². The molecule has 0 heterocycles. The first-order valence-corrected chi connectivity index (χ1v) is 8.58. The molecule has 0 aliphatic carbocycles. The maximum absolute atomic E-state index is 13.9. The van der Waals surface area contributed by atoms with Crippen LogP contribution >= 0.6 is 24.0 Å². The number of nitrogens with zero attached hydrogens (tertiary/aromatic N) is 2. The maximum Gasteiger partial charge on any atom is 0.194 e. The Morgan fingerprint density at radius 1 is 1.22 bits per heavy atom. The average molecular weight is 487 g/mol. The lowest BCUT2D eigenvalue weighted by Crippen LogP contribution is -2.38. The van der Waals surface area contributed by atoms with Gasteiger partial charge in [0.05, 0.1) is 20.3 Å². The van der Waals surface area contributed by atoms with Gasteiger partial charge in [-0.1, -0.05) is 30.3 Å². The van der Waals surface area contributed by atoms with Crippen LogP contribution in [0.4, 0.5) is 4.39 Å². The van der Waals surface area contributed by atoms with Gasteiger partial charge in [-0.3, -0.25) is 0 Å². The fourth-order valence-electron chi connectivity index (χ4n) is 2.65. The van der Waals surface area contributed by atoms with Gasteiger partial charge >= 0.3 is 0 Å². The molecule has 0 fully saturated rings. The Labute approximate surface area is 177 Å². The van der Waals surface area contributed by atoms with E-state index in [0.717, 1.165) is 29.2 Å². The number of ether oxygens (including phenoxy) is 1. The van der Waals surface area contributed by atoms with Crippen molar-refractivity contribution in [3.05, 3.63) is 65.0 Å². The number of rotatable bonds is 7. The van der Waals surface area contributed by atoms with Crippen molar-refractivity contribution >= 4 is 29.9 Å². The van der Waals surface area contributed by atoms with Gasteiger partial charge in [-0.2, -0.15) is 0 Å². The van der Waals surface area contributed by atoms with Crippen molar-refractivity contribution in [3.8, 4) is 5.75 Å². The van der Waals surface area contributed by atoms with Crippen LogP contribution in [0.5, 0.6) is 5.75 Å². The van der Waals surface area contributed by atoms with Crippen molar-refractivity contribution in [2.75, 3.05) is 20.7 Å². The Balaban J connectivity index is 0.00000364. The van der Waals surface area contributed by atoms with E-state index in [4.69, 9.17) is 4.74 Å². The van der Waals surface area contributed by atoms with E-state index in [2.05, 4.69) is 10.3 Å². The standard InChI is InChI=1S/C20H26FN3O2.HI/c1-4-22-20(23-12-16-7-5-6-8-17(16)14-25)24(2)13-15-9-10-19(26-3)18(21)11-15;/h5-11,25H,4,12-14H2,1-3H3,(H,22,23);1H. The number of aliphatic imine (C=N–C) groups is 1. The average Bonchev–Trinajstić information content (AvgIpc) is 2.65. The predicted octanol–water partition coefficient (Wildman–Crippen LogP) is 3.54. The summed E-state index contributed by atoms with van der Waals surface area (Å²) >= 11 is 0. The van der Waals surface area contributed by atoms with Crippen LogP contribution in [0.25, 0.3) is 0 Å². The fourth-order valence-corrected chi connectivity index (χ4v) is 2.65. The zero-order chi connectivity index (χ0) is 18.9. The molecule has 2 aromatic rings. The van der Waals surface area contributed by atoms with Crippen LogP contribution in [-0.4, -0.2) is 36.7 Å². The molecule has 2 rings (SSSR count). The van der Waals surface area contributed by atoms with Gasteiger partial charge in [-0.25, -0.2) is 9.38 Å². The molecule has 0 spiro atoms. The highest BCUT2D eigenvalue weighted by Gasteiger charge is 2.10. The number of aliphatic hydroxyl groups is 1. The lowest BCUT2D eigenvalue weighted by Gasteiger charge is -2.22. The molecule has 148 valence electrons. The van der Waals surface area contributed by atoms with Gasteiger partial charge in [0.2, 0.25) is 0 Å². The van der Waals surface area contributed by atoms with E-state index >= 15 is 0 Å². The van der Waals surface area contributed by atoms with Crippen molar-refractivity contribution in [2.24, 2.45) is 4.99 Å². The summed E-state index contributed by atoms with van der Waals surface area (Å²) in [5, 5.41) is 12.7. The van der Waals surface area contributed by atoms with E-state index in [1.807, 2.05) is 49.2 Å². The Bertz CT molecular complexity index is 756. The number of halogens is 2. The third-order valence-corrected chi connectivity index (χ3v) is 4.02. The third-order valence-electron chi connectivity index (χ3n) is 4.02. The van der Waals surface area contributed by atoms with Crippen LogP contribution in [0, 0.1) is 5.82 Å². The Hall–Kier alpha value is -1.87. The Morgan fingerprint density at radius 3 is 2.52 bits per heavy atom. The third kappa shape index (κ3) is 6.66. The predicted molar refractivity (Wildman–Crippen MR) is 117 cm³/mol. The van der Waals surface area contributed by atoms with Gasteiger partial charge in [0.25, 0.3) is 0 Å². The number of guanidine groups is 1. The molecular weight excluding hydrogens is 460 g/mol. The number of benzene rings is 2. The number of aliphatic hydroxyl groups excluding tert-OH is 1. The van der Waals surface area contributed by atoms with E-state index in [-0.39, 0.29) is 42.2 Å². The molecule has 5 nitrogen and oxygen atoms in total. The molecule has 0 aliphatic rings. The SMILES string of the molecule is CCNC(=NCc1ccccc1CO)N(C)Cc1ccc(OC)c(F)c1.I. The molecule has 27 heavy (non-hydrogen) atoms. The van der Waals surface area contributed by atoms with E-state index in [0.29, 0.717) is 13.1 Å². The van der Waals surface area contributed by atoms with E-state index in [9.17, 15) is 9.50 Å². The van der Waals surface area contributed by atoms with E-state index < -0.39 is 0 Å². The van der Waals surface area contributed by atoms with Gasteiger partial charge in [-0.05, 0) is 35.7 Å². The number of nitrogens with one attached hydrogen (secondary N) is 1. The summed E-state index contributed by atoms with van der Waals surface area (Å²) in [6.45, 7) is 3.68. The molecule has 0 atom stereocenters. The summed E-state index contributed by atoms with van der Waals surface area (Å²) in [6.07, 6.45) is 0. The second kappa shape index (κ2) is 11.8. The summed E-state index contributed by atoms with van der Waals surface area (Å²) in [4.78, 5) is 6.58. The molecule has 0 aromatic heterocycles. The van der Waals surface area contributed by atoms with Crippen LogP contribution in [0.2, 0.25) is 0 Å². The minimum absolute atomic E-state index is 0. The zero-order valence-corrected chi connectivity index (χ0v) is 18.2. The van der Waals surface area contributed by atoms with Crippen molar-refractivity contribution in [1.29, 1.82) is 0 Å². The molecule has 0 unspecified atom stereocenters. The van der Waals surface area contributed by atoms with Crippen LogP contribution in [0.1, 0.15) is 23.6 Å². The van der Waals surface area contributed by atoms with E-state index in [1.165, 1.54) is 13.2 Å². The van der Waals surface area contributed by atoms with Gasteiger partial charge in [-0.15, -0.1) is 24.0 Å². The summed E-state index contributed by atoms with van der Waals surface area (Å²) in [7, 11) is 3.35. The van der Waals surface area contributed by atoms with Crippen LogP contribution in [-0.2, 0) is 19.7 Å². The number of methoxy groups -OCH3 is 1. The molecule has 0 amide bonds. The molecule has 0 saturated heterocycles. The quantitative estimate of drug-likeness (QED) is 0.357. The van der Waals surface area contributed by atoms with Crippen LogP contribution < -0.4 is 10.1 Å². The normalized spacial score (nSPS) is 10.9. The highest BCUT2D eigenvalue weighted by atomic mass is 127. The molecule has 0 saturated carbocycles. The molecule has 0 bridgehead atoms. The van der Waals surface area contributed by atoms with Gasteiger partial charge in [0.15, 0.2) is 17.5 Å². The lowest BCUT2D eigenvalue weighted by atomic mass is 10.1. The van der Waals surface area contributed by atoms with Gasteiger partial charge in [0.1, 0.15) is 0 Å². The first-order valence-electron chi connectivity index (χ1n) is 8.58. The van der Waals surface area contributed by atoms with Crippen LogP contribution in [0.15, 0.2) is 47.5 Å². The second-order valence-electron chi connectivity index (χ2n) is 5.92. The fraction of sp³-hybridized carbons (Fsp3) is 0.350. The Kier molecular flexibility index (Phi) is 10.1. The van der Waals surface area contributed by atoms with Crippen molar-refractivity contribution in [2.45, 2.75) is 26.6 Å². The summed E-state index contributed by atoms with van der Waals surface area (Å²) in [6, 6.07) is 12.6. The monoisotopic (exact) mass is 487 g/mol. The topological polar surface area (TPSA) is 57.1 Å². The lowest BCUT2D eigenvalue weighted by molar-refractivity contribution is 0.280. The molecule has 2 N–H and O–H groups in total.